The molecule has 6 rings (SSSR count). The minimum atomic E-state index is -2.36. The molecular formula is C51H64O24. The maximum atomic E-state index is 14.6. The first-order valence-corrected chi connectivity index (χ1v) is 23.9. The molecule has 3 saturated heterocycles. The molecule has 3 fully saturated rings. The average Bonchev–Trinajstić information content (AvgIpc) is 3.39. The van der Waals surface area contributed by atoms with E-state index in [-0.39, 0.29) is 24.5 Å². The second-order valence-electron chi connectivity index (χ2n) is 18.5. The normalized spacial score (nSPS) is 30.7. The third-order valence-electron chi connectivity index (χ3n) is 12.3. The standard InChI is InChI=1S/C51H64O24/c1-26(2)19-51(50(65)68-24-30-11-16-32(17-12-30)70-48-44(63)41(60)39(58)34(22-53)72-48,20-37(56)67-23-29-9-14-31(15-10-29)69-47-43(62)40(59)38(57)33(21-52)71-47)75-49-45(64)42(61)46(35(73-49)25-66-27(3)54)74-36(55)18-13-28-7-5-4-6-8-28/h4-18,26,33-35,38-49,52-53,57-64H,19-25H2,1-3H3/b18-13+/t33-,34-,35-,38-,39-,40+,41+,42-,43-,44-,45-,46-,47-,48-,49+,51?/m1/s1. The van der Waals surface area contributed by atoms with Crippen molar-refractivity contribution in [2.75, 3.05) is 19.8 Å². The van der Waals surface area contributed by atoms with Crippen molar-refractivity contribution in [1.29, 1.82) is 0 Å². The molecule has 0 bridgehead atoms. The van der Waals surface area contributed by atoms with Crippen LogP contribution in [0.3, 0.4) is 0 Å². The van der Waals surface area contributed by atoms with Crippen molar-refractivity contribution in [2.45, 2.75) is 145 Å². The van der Waals surface area contributed by atoms with E-state index in [9.17, 15) is 70.2 Å². The van der Waals surface area contributed by atoms with Gasteiger partial charge in [-0.15, -0.1) is 0 Å². The Labute approximate surface area is 430 Å². The van der Waals surface area contributed by atoms with Crippen LogP contribution in [-0.2, 0) is 70.3 Å². The first-order chi connectivity index (χ1) is 35.7. The summed E-state index contributed by atoms with van der Waals surface area (Å²) in [4.78, 5) is 53.6. The van der Waals surface area contributed by atoms with Crippen molar-refractivity contribution in [3.8, 4) is 11.5 Å². The van der Waals surface area contributed by atoms with Gasteiger partial charge in [-0.3, -0.25) is 9.59 Å². The van der Waals surface area contributed by atoms with Crippen LogP contribution in [-0.4, -0.2) is 192 Å². The third-order valence-corrected chi connectivity index (χ3v) is 12.3. The maximum Gasteiger partial charge on any atom is 0.339 e. The Kier molecular flexibility index (Phi) is 21.0. The molecule has 0 saturated carbocycles. The van der Waals surface area contributed by atoms with Crippen LogP contribution in [0.4, 0.5) is 0 Å². The topological polar surface area (TPSA) is 363 Å². The van der Waals surface area contributed by atoms with Crippen molar-refractivity contribution < 1.29 is 118 Å². The Balaban J connectivity index is 1.21. The van der Waals surface area contributed by atoms with Gasteiger partial charge in [0.1, 0.15) is 98.5 Å². The fourth-order valence-corrected chi connectivity index (χ4v) is 8.29. The van der Waals surface area contributed by atoms with Crippen molar-refractivity contribution in [1.82, 2.24) is 0 Å². The molecule has 24 nitrogen and oxygen atoms in total. The van der Waals surface area contributed by atoms with Gasteiger partial charge < -0.3 is 98.4 Å². The minimum Gasteiger partial charge on any atom is -0.463 e. The van der Waals surface area contributed by atoms with Crippen LogP contribution in [0, 0.1) is 5.92 Å². The number of ether oxygens (including phenoxy) is 10. The summed E-state index contributed by atoms with van der Waals surface area (Å²) in [5, 5.41) is 104. The molecule has 0 aliphatic carbocycles. The minimum absolute atomic E-state index is 0.104. The van der Waals surface area contributed by atoms with Gasteiger partial charge in [0.2, 0.25) is 12.6 Å². The van der Waals surface area contributed by atoms with E-state index in [1.54, 1.807) is 44.2 Å². The van der Waals surface area contributed by atoms with Gasteiger partial charge in [-0.05, 0) is 59.4 Å². The van der Waals surface area contributed by atoms with Gasteiger partial charge in [0.25, 0.3) is 0 Å². The van der Waals surface area contributed by atoms with Gasteiger partial charge in [-0.1, -0.05) is 68.4 Å². The number of carbonyl (C=O) groups is 4. The number of benzene rings is 3. The molecule has 3 aromatic rings. The van der Waals surface area contributed by atoms with Gasteiger partial charge in [0, 0.05) is 13.0 Å². The van der Waals surface area contributed by atoms with Crippen LogP contribution in [0.2, 0.25) is 0 Å². The van der Waals surface area contributed by atoms with E-state index in [1.807, 2.05) is 0 Å². The number of rotatable bonds is 22. The zero-order chi connectivity index (χ0) is 54.6. The first-order valence-electron chi connectivity index (χ1n) is 23.9. The zero-order valence-corrected chi connectivity index (χ0v) is 41.0. The molecule has 24 heteroatoms. The van der Waals surface area contributed by atoms with Gasteiger partial charge in [-0.25, -0.2) is 9.59 Å². The molecule has 0 spiro atoms. The largest absolute Gasteiger partial charge is 0.463 e. The lowest BCUT2D eigenvalue weighted by Gasteiger charge is -2.44. The lowest BCUT2D eigenvalue weighted by atomic mass is 9.88. The maximum absolute atomic E-state index is 14.6. The molecule has 10 N–H and O–H groups in total. The summed E-state index contributed by atoms with van der Waals surface area (Å²) in [5.41, 5.74) is -0.980. The number of hydrogen-bond donors (Lipinski definition) is 10. The van der Waals surface area contributed by atoms with E-state index in [2.05, 4.69) is 0 Å². The highest BCUT2D eigenvalue weighted by molar-refractivity contribution is 5.87. The number of hydrogen-bond acceptors (Lipinski definition) is 24. The summed E-state index contributed by atoms with van der Waals surface area (Å²) in [5.74, 6) is -4.17. The number of aliphatic hydroxyl groups excluding tert-OH is 10. The molecular weight excluding hydrogens is 997 g/mol. The Hall–Kier alpha value is -5.68. The molecule has 16 atom stereocenters. The first kappa shape index (κ1) is 58.6. The van der Waals surface area contributed by atoms with Gasteiger partial charge in [0.15, 0.2) is 18.0 Å². The average molecular weight is 1060 g/mol. The van der Waals surface area contributed by atoms with Crippen molar-refractivity contribution >= 4 is 30.0 Å². The summed E-state index contributed by atoms with van der Waals surface area (Å²) < 4.78 is 56.5. The monoisotopic (exact) mass is 1060 g/mol. The van der Waals surface area contributed by atoms with E-state index in [1.165, 1.54) is 54.6 Å². The Morgan fingerprint density at radius 2 is 1.09 bits per heavy atom. The van der Waals surface area contributed by atoms with Crippen LogP contribution in [0.1, 0.15) is 50.3 Å². The van der Waals surface area contributed by atoms with E-state index in [0.29, 0.717) is 16.7 Å². The Bertz CT molecular complexity index is 2330. The highest BCUT2D eigenvalue weighted by Crippen LogP contribution is 2.36. The molecule has 3 heterocycles. The van der Waals surface area contributed by atoms with E-state index in [4.69, 9.17) is 47.4 Å². The summed E-state index contributed by atoms with van der Waals surface area (Å²) in [6, 6.07) is 20.2. The fourth-order valence-electron chi connectivity index (χ4n) is 8.29. The molecule has 1 unspecified atom stereocenters. The lowest BCUT2D eigenvalue weighted by Crippen LogP contribution is -2.63. The van der Waals surface area contributed by atoms with Crippen molar-refractivity contribution in [3.05, 3.63) is 102 Å². The van der Waals surface area contributed by atoms with Crippen molar-refractivity contribution in [2.24, 2.45) is 5.92 Å². The molecule has 75 heavy (non-hydrogen) atoms. The van der Waals surface area contributed by atoms with Gasteiger partial charge >= 0.3 is 23.9 Å². The van der Waals surface area contributed by atoms with Crippen LogP contribution in [0.5, 0.6) is 11.5 Å². The predicted octanol–water partition coefficient (Wildman–Crippen LogP) is -1.34. The summed E-state index contributed by atoms with van der Waals surface area (Å²) in [7, 11) is 0. The van der Waals surface area contributed by atoms with Crippen LogP contribution < -0.4 is 9.47 Å². The highest BCUT2D eigenvalue weighted by atomic mass is 16.7. The smallest absolute Gasteiger partial charge is 0.339 e. The second kappa shape index (κ2) is 26.9. The number of aliphatic hydroxyl groups is 10. The molecule has 0 amide bonds. The van der Waals surface area contributed by atoms with Gasteiger partial charge in [-0.2, -0.15) is 0 Å². The van der Waals surface area contributed by atoms with Crippen LogP contribution >= 0.6 is 0 Å². The second-order valence-corrected chi connectivity index (χ2v) is 18.5. The summed E-state index contributed by atoms with van der Waals surface area (Å²) >= 11 is 0. The fraction of sp³-hybridized carbons (Fsp3) is 0.529. The zero-order valence-electron chi connectivity index (χ0n) is 41.0. The molecule has 0 radical (unpaired) electrons. The molecule has 0 aromatic heterocycles. The molecule has 3 aliphatic rings. The van der Waals surface area contributed by atoms with E-state index in [0.717, 1.165) is 13.0 Å². The predicted molar refractivity (Wildman–Crippen MR) is 252 cm³/mol. The Morgan fingerprint density at radius 3 is 1.59 bits per heavy atom. The van der Waals surface area contributed by atoms with Crippen LogP contribution in [0.25, 0.3) is 6.08 Å². The lowest BCUT2D eigenvalue weighted by molar-refractivity contribution is -0.328. The van der Waals surface area contributed by atoms with Crippen LogP contribution in [0.15, 0.2) is 84.9 Å². The molecule has 3 aromatic carbocycles. The SMILES string of the molecule is CC(=O)OC[C@H]1O[C@@H](OC(CC(=O)OCc2ccc(O[C@@H]3O[C@H](CO)[C@@H](O)[C@H](O)[C@H]3O)cc2)(CC(C)C)C(=O)OCc2ccc(O[C@@H]3O[C@H](CO)[C@@H](O)[C@H](O)[C@H]3O)cc2)[C@H](O)[C@@H](O)[C@@H]1OC(=O)/C=C/c1ccccc1. The molecule has 412 valence electrons. The number of esters is 4. The highest BCUT2D eigenvalue weighted by Gasteiger charge is 2.54. The summed E-state index contributed by atoms with van der Waals surface area (Å²) in [6.45, 7) is 1.64. The van der Waals surface area contributed by atoms with E-state index >= 15 is 0 Å². The third kappa shape index (κ3) is 15.5. The number of carbonyl (C=O) groups excluding carboxylic acids is 4. The summed E-state index contributed by atoms with van der Waals surface area (Å²) in [6.07, 6.45) is -23.2. The Morgan fingerprint density at radius 1 is 0.600 bits per heavy atom. The van der Waals surface area contributed by atoms with Gasteiger partial charge in [0.05, 0.1) is 19.6 Å². The van der Waals surface area contributed by atoms with Crippen molar-refractivity contribution in [3.63, 3.8) is 0 Å². The quantitative estimate of drug-likeness (QED) is 0.0316. The molecule has 3 aliphatic heterocycles. The van der Waals surface area contributed by atoms with E-state index < -0.39 is 160 Å².